The average molecular weight is 332 g/mol. The zero-order chi connectivity index (χ0) is 17.8. The summed E-state index contributed by atoms with van der Waals surface area (Å²) in [5.74, 6) is 0. The van der Waals surface area contributed by atoms with Crippen molar-refractivity contribution in [3.63, 3.8) is 0 Å². The minimum atomic E-state index is -1.96. The van der Waals surface area contributed by atoms with Gasteiger partial charge in [-0.15, -0.1) is 6.58 Å². The van der Waals surface area contributed by atoms with E-state index in [4.69, 9.17) is 9.16 Å². The summed E-state index contributed by atoms with van der Waals surface area (Å²) in [7, 11) is -1.96. The van der Waals surface area contributed by atoms with Crippen molar-refractivity contribution in [1.29, 1.82) is 0 Å². The summed E-state index contributed by atoms with van der Waals surface area (Å²) in [6, 6.07) is -0.582. The van der Waals surface area contributed by atoms with Crippen LogP contribution in [0.25, 0.3) is 0 Å². The maximum Gasteiger partial charge on any atom is 0.408 e. The molecule has 2 N–H and O–H groups in total. The van der Waals surface area contributed by atoms with E-state index in [2.05, 4.69) is 45.8 Å². The van der Waals surface area contributed by atoms with E-state index >= 15 is 0 Å². The van der Waals surface area contributed by atoms with Gasteiger partial charge >= 0.3 is 6.09 Å². The van der Waals surface area contributed by atoms with Gasteiger partial charge in [0, 0.05) is 0 Å². The molecular formula is C16H33NO4Si. The molecule has 0 saturated carbocycles. The van der Waals surface area contributed by atoms with Crippen LogP contribution in [0, 0.1) is 0 Å². The molecule has 0 spiro atoms. The molecule has 0 radical (unpaired) electrons. The van der Waals surface area contributed by atoms with Crippen LogP contribution in [0.4, 0.5) is 4.79 Å². The van der Waals surface area contributed by atoms with Gasteiger partial charge in [-0.05, 0) is 38.9 Å². The number of aliphatic hydroxyl groups is 1. The first-order valence-corrected chi connectivity index (χ1v) is 10.5. The van der Waals surface area contributed by atoms with Crippen molar-refractivity contribution in [2.24, 2.45) is 0 Å². The van der Waals surface area contributed by atoms with E-state index in [-0.39, 0.29) is 11.6 Å². The van der Waals surface area contributed by atoms with Gasteiger partial charge in [0.2, 0.25) is 0 Å². The monoisotopic (exact) mass is 331 g/mol. The number of aliphatic hydroxyl groups excluding tert-OH is 1. The predicted octanol–water partition coefficient (Wildman–Crippen LogP) is 3.45. The fraction of sp³-hybridized carbons (Fsp3) is 0.812. The van der Waals surface area contributed by atoms with Crippen molar-refractivity contribution in [3.8, 4) is 0 Å². The second-order valence-corrected chi connectivity index (χ2v) is 12.9. The van der Waals surface area contributed by atoms with E-state index < -0.39 is 32.2 Å². The normalized spacial score (nSPS) is 15.9. The number of ether oxygens (including phenoxy) is 1. The zero-order valence-electron chi connectivity index (χ0n) is 15.3. The summed E-state index contributed by atoms with van der Waals surface area (Å²) < 4.78 is 11.3. The van der Waals surface area contributed by atoms with Gasteiger partial charge in [0.25, 0.3) is 0 Å². The van der Waals surface area contributed by atoms with Crippen molar-refractivity contribution in [2.75, 3.05) is 6.61 Å². The van der Waals surface area contributed by atoms with Gasteiger partial charge in [0.15, 0.2) is 8.32 Å². The number of hydrogen-bond donors (Lipinski definition) is 2. The van der Waals surface area contributed by atoms with Gasteiger partial charge < -0.3 is 19.6 Å². The lowest BCUT2D eigenvalue weighted by Crippen LogP contribution is -2.51. The number of amides is 1. The Kier molecular flexibility index (Phi) is 7.32. The van der Waals surface area contributed by atoms with Crippen molar-refractivity contribution in [1.82, 2.24) is 5.32 Å². The molecule has 0 aromatic heterocycles. The minimum Gasteiger partial charge on any atom is -0.444 e. The van der Waals surface area contributed by atoms with Gasteiger partial charge in [0.1, 0.15) is 5.60 Å². The van der Waals surface area contributed by atoms with Gasteiger partial charge in [0.05, 0.1) is 18.8 Å². The van der Waals surface area contributed by atoms with E-state index in [1.165, 1.54) is 6.08 Å². The van der Waals surface area contributed by atoms with Crippen LogP contribution >= 0.6 is 0 Å². The van der Waals surface area contributed by atoms with E-state index in [0.717, 1.165) is 0 Å². The summed E-state index contributed by atoms with van der Waals surface area (Å²) in [4.78, 5) is 11.9. The number of nitrogens with one attached hydrogen (secondary N) is 1. The number of hydrogen-bond acceptors (Lipinski definition) is 4. The summed E-state index contributed by atoms with van der Waals surface area (Å²) in [5, 5.41) is 12.7. The third-order valence-corrected chi connectivity index (χ3v) is 8.29. The SMILES string of the molecule is C=C[C@@H](O)[C@@H](CO[Si](C)(C)C(C)(C)C)NC(=O)OC(C)(C)C. The lowest BCUT2D eigenvalue weighted by molar-refractivity contribution is 0.0412. The standard InChI is InChI=1S/C16H33NO4Si/c1-10-13(18)12(17-14(19)21-15(2,3)4)11-20-22(8,9)16(5,6)7/h10,12-13,18H,1,11H2,2-9H3,(H,17,19)/t12-,13-/m1/s1. The first kappa shape index (κ1) is 21.1. The van der Waals surface area contributed by atoms with Gasteiger partial charge in [-0.1, -0.05) is 26.8 Å². The summed E-state index contributed by atoms with van der Waals surface area (Å²) in [5.41, 5.74) is -0.589. The Morgan fingerprint density at radius 3 is 2.14 bits per heavy atom. The smallest absolute Gasteiger partial charge is 0.408 e. The summed E-state index contributed by atoms with van der Waals surface area (Å²) in [6.45, 7) is 19.8. The Balaban J connectivity index is 4.81. The second-order valence-electron chi connectivity index (χ2n) is 8.05. The molecule has 0 aliphatic carbocycles. The molecule has 0 saturated heterocycles. The highest BCUT2D eigenvalue weighted by molar-refractivity contribution is 6.74. The van der Waals surface area contributed by atoms with E-state index in [9.17, 15) is 9.90 Å². The number of rotatable bonds is 6. The van der Waals surface area contributed by atoms with E-state index in [1.54, 1.807) is 20.8 Å². The quantitative estimate of drug-likeness (QED) is 0.578. The predicted molar refractivity (Wildman–Crippen MR) is 92.5 cm³/mol. The first-order valence-electron chi connectivity index (χ1n) is 7.64. The number of carbonyl (C=O) groups is 1. The minimum absolute atomic E-state index is 0.0581. The Bertz CT molecular complexity index is 383. The molecular weight excluding hydrogens is 298 g/mol. The highest BCUT2D eigenvalue weighted by atomic mass is 28.4. The molecule has 22 heavy (non-hydrogen) atoms. The van der Waals surface area contributed by atoms with Gasteiger partial charge in [-0.3, -0.25) is 0 Å². The van der Waals surface area contributed by atoms with Crippen LogP contribution in [-0.2, 0) is 9.16 Å². The third-order valence-electron chi connectivity index (χ3n) is 3.79. The van der Waals surface area contributed by atoms with Crippen LogP contribution in [0.2, 0.25) is 18.1 Å². The zero-order valence-corrected chi connectivity index (χ0v) is 16.3. The Labute approximate surface area is 136 Å². The van der Waals surface area contributed by atoms with Crippen molar-refractivity contribution < 1.29 is 19.1 Å². The largest absolute Gasteiger partial charge is 0.444 e. The Morgan fingerprint density at radius 1 is 1.27 bits per heavy atom. The molecule has 0 aromatic rings. The molecule has 6 heteroatoms. The van der Waals surface area contributed by atoms with Crippen molar-refractivity contribution in [3.05, 3.63) is 12.7 Å². The molecule has 0 aromatic carbocycles. The molecule has 2 atom stereocenters. The topological polar surface area (TPSA) is 67.8 Å². The first-order chi connectivity index (χ1) is 9.69. The van der Waals surface area contributed by atoms with Crippen LogP contribution in [-0.4, -0.2) is 43.9 Å². The van der Waals surface area contributed by atoms with E-state index in [0.29, 0.717) is 0 Å². The Morgan fingerprint density at radius 2 is 1.77 bits per heavy atom. The molecule has 0 fully saturated rings. The molecule has 1 amide bonds. The number of alkyl carbamates (subject to hydrolysis) is 1. The van der Waals surface area contributed by atoms with Crippen LogP contribution in [0.5, 0.6) is 0 Å². The summed E-state index contributed by atoms with van der Waals surface area (Å²) in [6.07, 6.45) is -0.0775. The molecule has 0 heterocycles. The molecule has 0 aliphatic rings. The number of carbonyl (C=O) groups excluding carboxylic acids is 1. The van der Waals surface area contributed by atoms with Gasteiger partial charge in [-0.2, -0.15) is 0 Å². The fourth-order valence-electron chi connectivity index (χ4n) is 1.36. The molecule has 5 nitrogen and oxygen atoms in total. The average Bonchev–Trinajstić information content (AvgIpc) is 2.29. The lowest BCUT2D eigenvalue weighted by Gasteiger charge is -2.37. The highest BCUT2D eigenvalue weighted by Gasteiger charge is 2.38. The second kappa shape index (κ2) is 7.61. The molecule has 0 unspecified atom stereocenters. The lowest BCUT2D eigenvalue weighted by atomic mass is 10.2. The Hall–Kier alpha value is -0.853. The fourth-order valence-corrected chi connectivity index (χ4v) is 2.39. The van der Waals surface area contributed by atoms with Crippen LogP contribution in [0.1, 0.15) is 41.5 Å². The maximum atomic E-state index is 11.9. The van der Waals surface area contributed by atoms with E-state index in [1.807, 2.05) is 0 Å². The van der Waals surface area contributed by atoms with Crippen LogP contribution < -0.4 is 5.32 Å². The molecule has 0 aliphatic heterocycles. The highest BCUT2D eigenvalue weighted by Crippen LogP contribution is 2.36. The van der Waals surface area contributed by atoms with Crippen molar-refractivity contribution >= 4 is 14.4 Å². The van der Waals surface area contributed by atoms with Crippen molar-refractivity contribution in [2.45, 2.75) is 77.4 Å². The van der Waals surface area contributed by atoms with Crippen LogP contribution in [0.15, 0.2) is 12.7 Å². The molecule has 130 valence electrons. The maximum absolute atomic E-state index is 11.9. The molecule has 0 rings (SSSR count). The molecule has 0 bridgehead atoms. The van der Waals surface area contributed by atoms with Crippen LogP contribution in [0.3, 0.4) is 0 Å². The summed E-state index contributed by atoms with van der Waals surface area (Å²) >= 11 is 0. The van der Waals surface area contributed by atoms with Gasteiger partial charge in [-0.25, -0.2) is 4.79 Å². The third kappa shape index (κ3) is 7.42.